The predicted octanol–water partition coefficient (Wildman–Crippen LogP) is 3.23. The Bertz CT molecular complexity index is 179. The molecule has 0 amide bonds. The summed E-state index contributed by atoms with van der Waals surface area (Å²) >= 11 is 0. The minimum Gasteiger partial charge on any atom is -0.382 e. The molecular formula is C15H33NO2. The van der Waals surface area contributed by atoms with Crippen molar-refractivity contribution >= 4 is 0 Å². The Kier molecular flexibility index (Phi) is 10.7. The van der Waals surface area contributed by atoms with Gasteiger partial charge >= 0.3 is 0 Å². The second kappa shape index (κ2) is 10.8. The molecule has 0 saturated heterocycles. The number of rotatable bonds is 12. The third kappa shape index (κ3) is 8.06. The van der Waals surface area contributed by atoms with E-state index in [1.165, 1.54) is 19.3 Å². The van der Waals surface area contributed by atoms with E-state index >= 15 is 0 Å². The Labute approximate surface area is 114 Å². The minimum atomic E-state index is 0.439. The van der Waals surface area contributed by atoms with Gasteiger partial charge in [0.15, 0.2) is 0 Å². The van der Waals surface area contributed by atoms with E-state index in [0.717, 1.165) is 19.6 Å². The first-order valence-electron chi connectivity index (χ1n) is 7.40. The van der Waals surface area contributed by atoms with Crippen LogP contribution in [0.25, 0.3) is 0 Å². The number of ether oxygens (including phenoxy) is 2. The van der Waals surface area contributed by atoms with E-state index in [1.54, 1.807) is 7.11 Å². The Morgan fingerprint density at radius 2 is 1.72 bits per heavy atom. The van der Waals surface area contributed by atoms with Crippen molar-refractivity contribution in [3.8, 4) is 0 Å². The smallest absolute Gasteiger partial charge is 0.0700 e. The van der Waals surface area contributed by atoms with Crippen LogP contribution in [0.5, 0.6) is 0 Å². The van der Waals surface area contributed by atoms with E-state index in [9.17, 15) is 0 Å². The van der Waals surface area contributed by atoms with Crippen LogP contribution in [0.2, 0.25) is 0 Å². The molecule has 18 heavy (non-hydrogen) atoms. The fraction of sp³-hybridized carbons (Fsp3) is 1.00. The van der Waals surface area contributed by atoms with Crippen LogP contribution in [0.4, 0.5) is 0 Å². The van der Waals surface area contributed by atoms with E-state index < -0.39 is 0 Å². The summed E-state index contributed by atoms with van der Waals surface area (Å²) in [6.45, 7) is 12.4. The molecule has 0 aromatic carbocycles. The molecule has 0 aromatic heterocycles. The maximum Gasteiger partial charge on any atom is 0.0700 e. The van der Waals surface area contributed by atoms with Gasteiger partial charge in [0, 0.05) is 26.3 Å². The highest BCUT2D eigenvalue weighted by Crippen LogP contribution is 2.31. The van der Waals surface area contributed by atoms with Crippen LogP contribution in [-0.2, 0) is 9.47 Å². The third-order valence-corrected chi connectivity index (χ3v) is 3.81. The maximum atomic E-state index is 5.54. The van der Waals surface area contributed by atoms with Crippen LogP contribution in [0, 0.1) is 5.41 Å². The Balaban J connectivity index is 3.87. The zero-order valence-corrected chi connectivity index (χ0v) is 13.1. The lowest BCUT2D eigenvalue weighted by atomic mass is 9.78. The van der Waals surface area contributed by atoms with E-state index in [2.05, 4.69) is 33.0 Å². The van der Waals surface area contributed by atoms with E-state index in [-0.39, 0.29) is 0 Å². The summed E-state index contributed by atoms with van der Waals surface area (Å²) in [6, 6.07) is 0.570. The lowest BCUT2D eigenvalue weighted by Crippen LogP contribution is -2.37. The molecule has 3 heteroatoms. The molecule has 0 atom stereocenters. The molecule has 0 aliphatic heterocycles. The fourth-order valence-electron chi connectivity index (χ4n) is 2.16. The van der Waals surface area contributed by atoms with Gasteiger partial charge < -0.3 is 14.8 Å². The van der Waals surface area contributed by atoms with Crippen molar-refractivity contribution in [3.63, 3.8) is 0 Å². The number of nitrogens with one attached hydrogen (secondary N) is 1. The molecule has 0 aromatic rings. The van der Waals surface area contributed by atoms with Gasteiger partial charge in [-0.3, -0.25) is 0 Å². The molecule has 0 aliphatic carbocycles. The van der Waals surface area contributed by atoms with Gasteiger partial charge in [0.05, 0.1) is 13.2 Å². The van der Waals surface area contributed by atoms with Crippen LogP contribution >= 0.6 is 0 Å². The lowest BCUT2D eigenvalue weighted by Gasteiger charge is -2.33. The second-order valence-corrected chi connectivity index (χ2v) is 5.45. The molecule has 0 unspecified atom stereocenters. The van der Waals surface area contributed by atoms with Gasteiger partial charge in [-0.1, -0.05) is 27.7 Å². The fourth-order valence-corrected chi connectivity index (χ4v) is 2.16. The molecule has 0 spiro atoms. The van der Waals surface area contributed by atoms with Crippen molar-refractivity contribution in [2.75, 3.05) is 33.5 Å². The van der Waals surface area contributed by atoms with Gasteiger partial charge in [0.1, 0.15) is 0 Å². The highest BCUT2D eigenvalue weighted by molar-refractivity contribution is 4.79. The maximum absolute atomic E-state index is 5.54. The normalized spacial score (nSPS) is 12.3. The number of hydrogen-bond acceptors (Lipinski definition) is 3. The molecule has 0 aliphatic rings. The molecule has 0 saturated carbocycles. The predicted molar refractivity (Wildman–Crippen MR) is 78.1 cm³/mol. The molecule has 0 radical (unpaired) electrons. The third-order valence-electron chi connectivity index (χ3n) is 3.81. The first-order chi connectivity index (χ1) is 8.60. The summed E-state index contributed by atoms with van der Waals surface area (Å²) < 4.78 is 10.5. The molecule has 0 fully saturated rings. The van der Waals surface area contributed by atoms with Gasteiger partial charge in [-0.05, 0) is 31.1 Å². The van der Waals surface area contributed by atoms with Crippen LogP contribution in [0.3, 0.4) is 0 Å². The molecular weight excluding hydrogens is 226 g/mol. The van der Waals surface area contributed by atoms with Crippen molar-refractivity contribution in [3.05, 3.63) is 0 Å². The van der Waals surface area contributed by atoms with E-state index in [0.29, 0.717) is 24.7 Å². The highest BCUT2D eigenvalue weighted by Gasteiger charge is 2.25. The molecule has 3 nitrogen and oxygen atoms in total. The van der Waals surface area contributed by atoms with Gasteiger partial charge in [-0.2, -0.15) is 0 Å². The highest BCUT2D eigenvalue weighted by atomic mass is 16.5. The van der Waals surface area contributed by atoms with Crippen LogP contribution in [0.1, 0.15) is 53.4 Å². The molecule has 0 rings (SSSR count). The number of hydrogen-bond donors (Lipinski definition) is 1. The average Bonchev–Trinajstić information content (AvgIpc) is 2.37. The zero-order valence-electron chi connectivity index (χ0n) is 13.1. The van der Waals surface area contributed by atoms with Crippen molar-refractivity contribution < 1.29 is 9.47 Å². The van der Waals surface area contributed by atoms with Crippen molar-refractivity contribution in [2.45, 2.75) is 59.4 Å². The number of methoxy groups -OCH3 is 1. The minimum absolute atomic E-state index is 0.439. The summed E-state index contributed by atoms with van der Waals surface area (Å²) in [7, 11) is 1.71. The van der Waals surface area contributed by atoms with E-state index in [1.807, 2.05) is 0 Å². The SMILES string of the molecule is CCC(CC)(CCCOCCOC)CNC(C)C. The lowest BCUT2D eigenvalue weighted by molar-refractivity contribution is 0.0622. The first-order valence-corrected chi connectivity index (χ1v) is 7.40. The Hall–Kier alpha value is -0.120. The Morgan fingerprint density at radius 3 is 2.22 bits per heavy atom. The van der Waals surface area contributed by atoms with E-state index in [4.69, 9.17) is 9.47 Å². The summed E-state index contributed by atoms with van der Waals surface area (Å²) in [5.41, 5.74) is 0.439. The summed E-state index contributed by atoms with van der Waals surface area (Å²) in [5, 5.41) is 3.59. The quantitative estimate of drug-likeness (QED) is 0.546. The Morgan fingerprint density at radius 1 is 1.06 bits per heavy atom. The van der Waals surface area contributed by atoms with Crippen molar-refractivity contribution in [1.29, 1.82) is 0 Å². The molecule has 0 bridgehead atoms. The van der Waals surface area contributed by atoms with Crippen LogP contribution in [-0.4, -0.2) is 39.5 Å². The molecule has 0 heterocycles. The summed E-state index contributed by atoms with van der Waals surface area (Å²) in [5.74, 6) is 0. The molecule has 110 valence electrons. The van der Waals surface area contributed by atoms with Gasteiger partial charge in [0.2, 0.25) is 0 Å². The van der Waals surface area contributed by atoms with Crippen LogP contribution in [0.15, 0.2) is 0 Å². The largest absolute Gasteiger partial charge is 0.382 e. The first kappa shape index (κ1) is 17.9. The average molecular weight is 259 g/mol. The topological polar surface area (TPSA) is 30.5 Å². The second-order valence-electron chi connectivity index (χ2n) is 5.45. The summed E-state index contributed by atoms with van der Waals surface area (Å²) in [6.07, 6.45) is 4.86. The van der Waals surface area contributed by atoms with Crippen LogP contribution < -0.4 is 5.32 Å². The standard InChI is InChI=1S/C15H33NO2/c1-6-15(7-2,13-16-14(3)4)9-8-10-18-12-11-17-5/h14,16H,6-13H2,1-5H3. The van der Waals surface area contributed by atoms with Gasteiger partial charge in [0.25, 0.3) is 0 Å². The summed E-state index contributed by atoms with van der Waals surface area (Å²) in [4.78, 5) is 0. The van der Waals surface area contributed by atoms with Crippen molar-refractivity contribution in [2.24, 2.45) is 5.41 Å². The zero-order chi connectivity index (χ0) is 13.9. The van der Waals surface area contributed by atoms with Gasteiger partial charge in [-0.25, -0.2) is 0 Å². The van der Waals surface area contributed by atoms with Gasteiger partial charge in [-0.15, -0.1) is 0 Å². The van der Waals surface area contributed by atoms with Crippen molar-refractivity contribution in [1.82, 2.24) is 5.32 Å². The molecule has 1 N–H and O–H groups in total. The monoisotopic (exact) mass is 259 g/mol.